The quantitative estimate of drug-likeness (QED) is 0.823. The fourth-order valence-corrected chi connectivity index (χ4v) is 3.15. The first-order valence-corrected chi connectivity index (χ1v) is 8.61. The SMILES string of the molecule is C/C=C\Nc1cc(-c2ccc(C(=O)N(CC)CCC#N)s2)ccn1. The van der Waals surface area contributed by atoms with Crippen molar-refractivity contribution in [2.75, 3.05) is 18.4 Å². The second-order valence-electron chi connectivity index (χ2n) is 5.03. The van der Waals surface area contributed by atoms with Gasteiger partial charge in [-0.05, 0) is 49.9 Å². The number of hydrogen-bond donors (Lipinski definition) is 1. The fourth-order valence-electron chi connectivity index (χ4n) is 2.18. The molecule has 0 saturated heterocycles. The van der Waals surface area contributed by atoms with Crippen molar-refractivity contribution in [1.29, 1.82) is 5.26 Å². The van der Waals surface area contributed by atoms with Crippen molar-refractivity contribution < 1.29 is 4.79 Å². The van der Waals surface area contributed by atoms with Crippen molar-refractivity contribution >= 4 is 23.1 Å². The van der Waals surface area contributed by atoms with Crippen LogP contribution in [0.4, 0.5) is 5.82 Å². The second-order valence-corrected chi connectivity index (χ2v) is 6.11. The first-order valence-electron chi connectivity index (χ1n) is 7.79. The molecule has 0 bridgehead atoms. The Morgan fingerprint density at radius 1 is 1.46 bits per heavy atom. The van der Waals surface area contributed by atoms with Gasteiger partial charge in [-0.2, -0.15) is 5.26 Å². The van der Waals surface area contributed by atoms with Crippen LogP contribution in [-0.4, -0.2) is 28.9 Å². The molecule has 0 aliphatic carbocycles. The summed E-state index contributed by atoms with van der Waals surface area (Å²) in [6.45, 7) is 4.91. The van der Waals surface area contributed by atoms with Gasteiger partial charge >= 0.3 is 0 Å². The summed E-state index contributed by atoms with van der Waals surface area (Å²) in [5.74, 6) is 0.737. The Morgan fingerprint density at radius 2 is 2.29 bits per heavy atom. The van der Waals surface area contributed by atoms with Crippen LogP contribution in [0.1, 0.15) is 29.9 Å². The van der Waals surface area contributed by atoms with Crippen molar-refractivity contribution in [2.24, 2.45) is 0 Å². The van der Waals surface area contributed by atoms with E-state index >= 15 is 0 Å². The molecule has 0 atom stereocenters. The van der Waals surface area contributed by atoms with Crippen molar-refractivity contribution in [3.63, 3.8) is 0 Å². The van der Waals surface area contributed by atoms with Gasteiger partial charge in [-0.25, -0.2) is 4.98 Å². The molecule has 0 aromatic carbocycles. The Balaban J connectivity index is 2.18. The summed E-state index contributed by atoms with van der Waals surface area (Å²) in [5.41, 5.74) is 1.01. The third-order valence-corrected chi connectivity index (χ3v) is 4.54. The smallest absolute Gasteiger partial charge is 0.263 e. The summed E-state index contributed by atoms with van der Waals surface area (Å²) in [6.07, 6.45) is 5.82. The van der Waals surface area contributed by atoms with E-state index in [-0.39, 0.29) is 5.91 Å². The minimum absolute atomic E-state index is 0.0229. The van der Waals surface area contributed by atoms with Gasteiger partial charge < -0.3 is 10.2 Å². The number of nitriles is 1. The molecule has 0 aliphatic rings. The van der Waals surface area contributed by atoms with E-state index in [1.165, 1.54) is 11.3 Å². The third-order valence-electron chi connectivity index (χ3n) is 3.42. The average Bonchev–Trinajstić information content (AvgIpc) is 3.11. The molecule has 124 valence electrons. The highest BCUT2D eigenvalue weighted by Crippen LogP contribution is 2.29. The number of aromatic nitrogens is 1. The van der Waals surface area contributed by atoms with Gasteiger partial charge in [0.25, 0.3) is 5.91 Å². The largest absolute Gasteiger partial charge is 0.347 e. The van der Waals surface area contributed by atoms with Gasteiger partial charge in [-0.1, -0.05) is 6.08 Å². The maximum absolute atomic E-state index is 12.5. The zero-order valence-electron chi connectivity index (χ0n) is 13.8. The van der Waals surface area contributed by atoms with Crippen LogP contribution in [-0.2, 0) is 0 Å². The molecule has 0 saturated carbocycles. The van der Waals surface area contributed by atoms with Crippen LogP contribution in [0, 0.1) is 11.3 Å². The number of nitrogens with one attached hydrogen (secondary N) is 1. The maximum Gasteiger partial charge on any atom is 0.263 e. The summed E-state index contributed by atoms with van der Waals surface area (Å²) >= 11 is 1.46. The molecule has 24 heavy (non-hydrogen) atoms. The zero-order valence-corrected chi connectivity index (χ0v) is 14.6. The maximum atomic E-state index is 12.5. The predicted molar refractivity (Wildman–Crippen MR) is 97.8 cm³/mol. The summed E-state index contributed by atoms with van der Waals surface area (Å²) in [7, 11) is 0. The molecule has 0 aliphatic heterocycles. The van der Waals surface area contributed by atoms with Crippen LogP contribution in [0.5, 0.6) is 0 Å². The number of carbonyl (C=O) groups is 1. The minimum atomic E-state index is -0.0229. The number of thiophene rings is 1. The molecule has 2 rings (SSSR count). The van der Waals surface area contributed by atoms with Crippen molar-refractivity contribution in [2.45, 2.75) is 20.3 Å². The van der Waals surface area contributed by atoms with Gasteiger partial charge in [0.2, 0.25) is 0 Å². The van der Waals surface area contributed by atoms with E-state index in [2.05, 4.69) is 16.4 Å². The van der Waals surface area contributed by atoms with Crippen LogP contribution in [0.2, 0.25) is 0 Å². The number of allylic oxidation sites excluding steroid dienone is 1. The van der Waals surface area contributed by atoms with E-state index in [9.17, 15) is 4.79 Å². The van der Waals surface area contributed by atoms with E-state index < -0.39 is 0 Å². The number of rotatable bonds is 7. The van der Waals surface area contributed by atoms with Gasteiger partial charge in [0.15, 0.2) is 0 Å². The summed E-state index contributed by atoms with van der Waals surface area (Å²) in [4.78, 5) is 20.2. The fraction of sp³-hybridized carbons (Fsp3) is 0.278. The first kappa shape index (κ1) is 17.7. The third kappa shape index (κ3) is 4.43. The highest BCUT2D eigenvalue weighted by Gasteiger charge is 2.16. The van der Waals surface area contributed by atoms with Crippen LogP contribution in [0.15, 0.2) is 42.7 Å². The topological polar surface area (TPSA) is 69.0 Å². The predicted octanol–water partition coefficient (Wildman–Crippen LogP) is 4.13. The lowest BCUT2D eigenvalue weighted by Crippen LogP contribution is -2.31. The average molecular weight is 340 g/mol. The summed E-state index contributed by atoms with van der Waals surface area (Å²) in [5, 5.41) is 11.8. The van der Waals surface area contributed by atoms with Gasteiger partial charge in [-0.3, -0.25) is 4.79 Å². The molecule has 2 aromatic rings. The molecule has 0 spiro atoms. The molecule has 0 unspecified atom stereocenters. The van der Waals surface area contributed by atoms with Crippen molar-refractivity contribution in [1.82, 2.24) is 9.88 Å². The lowest BCUT2D eigenvalue weighted by molar-refractivity contribution is 0.0772. The molecule has 6 heteroatoms. The van der Waals surface area contributed by atoms with Gasteiger partial charge in [0.1, 0.15) is 5.82 Å². The lowest BCUT2D eigenvalue weighted by atomic mass is 10.2. The molecule has 2 aromatic heterocycles. The van der Waals surface area contributed by atoms with Crippen LogP contribution < -0.4 is 5.32 Å². The number of anilines is 1. The standard InChI is InChI=1S/C18H20N4OS/c1-3-10-20-17-13-14(8-11-21-17)15-6-7-16(24-15)18(23)22(4-2)12-5-9-19/h3,6-8,10-11,13H,4-5,12H2,1-2H3,(H,20,21)/b10-3-. The van der Waals surface area contributed by atoms with Crippen molar-refractivity contribution in [3.8, 4) is 16.5 Å². The molecule has 2 heterocycles. The normalized spacial score (nSPS) is 10.5. The Labute approximate surface area is 146 Å². The number of pyridine rings is 1. The Hall–Kier alpha value is -2.65. The number of hydrogen-bond acceptors (Lipinski definition) is 5. The molecule has 5 nitrogen and oxygen atoms in total. The van der Waals surface area contributed by atoms with E-state index in [0.29, 0.717) is 24.4 Å². The van der Waals surface area contributed by atoms with E-state index in [4.69, 9.17) is 5.26 Å². The molecular formula is C18H20N4OS. The second kappa shape index (κ2) is 8.85. The van der Waals surface area contributed by atoms with Crippen molar-refractivity contribution in [3.05, 3.63) is 47.6 Å². The van der Waals surface area contributed by atoms with Gasteiger partial charge in [0, 0.05) is 24.2 Å². The summed E-state index contributed by atoms with van der Waals surface area (Å²) in [6, 6.07) is 9.75. The number of nitrogens with zero attached hydrogens (tertiary/aromatic N) is 3. The highest BCUT2D eigenvalue weighted by molar-refractivity contribution is 7.17. The van der Waals surface area contributed by atoms with Crippen LogP contribution in [0.25, 0.3) is 10.4 Å². The minimum Gasteiger partial charge on any atom is -0.347 e. The Bertz CT molecular complexity index is 760. The van der Waals surface area contributed by atoms with E-state index in [1.54, 1.807) is 11.1 Å². The molecule has 1 amide bonds. The number of amides is 1. The Kier molecular flexibility index (Phi) is 6.52. The first-order chi connectivity index (χ1) is 11.7. The molecule has 1 N–H and O–H groups in total. The Morgan fingerprint density at radius 3 is 3.00 bits per heavy atom. The highest BCUT2D eigenvalue weighted by atomic mass is 32.1. The van der Waals surface area contributed by atoms with E-state index in [1.807, 2.05) is 50.4 Å². The summed E-state index contributed by atoms with van der Waals surface area (Å²) < 4.78 is 0. The van der Waals surface area contributed by atoms with Crippen LogP contribution >= 0.6 is 11.3 Å². The molecule has 0 radical (unpaired) electrons. The van der Waals surface area contributed by atoms with Gasteiger partial charge in [0.05, 0.1) is 17.4 Å². The van der Waals surface area contributed by atoms with E-state index in [0.717, 1.165) is 16.3 Å². The molecular weight excluding hydrogens is 320 g/mol. The van der Waals surface area contributed by atoms with Crippen LogP contribution in [0.3, 0.4) is 0 Å². The lowest BCUT2D eigenvalue weighted by Gasteiger charge is -2.18. The molecule has 0 fully saturated rings. The number of carbonyl (C=O) groups excluding carboxylic acids is 1. The zero-order chi connectivity index (χ0) is 17.4. The monoisotopic (exact) mass is 340 g/mol. The van der Waals surface area contributed by atoms with Gasteiger partial charge in [-0.15, -0.1) is 11.3 Å².